The minimum Gasteiger partial charge on any atom is -0.338 e. The van der Waals surface area contributed by atoms with Gasteiger partial charge in [0.05, 0.1) is 0 Å². The Bertz CT molecular complexity index is 362. The third-order valence-corrected chi connectivity index (χ3v) is 4.70. The van der Waals surface area contributed by atoms with Crippen LogP contribution in [-0.4, -0.2) is 15.6 Å². The van der Waals surface area contributed by atoms with Gasteiger partial charge in [0.1, 0.15) is 5.82 Å². The molecule has 3 heteroatoms. The van der Waals surface area contributed by atoms with Crippen molar-refractivity contribution in [3.05, 3.63) is 18.2 Å². The number of hydrogen-bond acceptors (Lipinski definition) is 2. The molecule has 2 N–H and O–H groups in total. The fraction of sp³-hybridized carbons (Fsp3) is 0.800. The normalized spacial score (nSPS) is 26.5. The van der Waals surface area contributed by atoms with Crippen LogP contribution in [0.1, 0.15) is 45.4 Å². The molecule has 3 nitrogen and oxygen atoms in total. The van der Waals surface area contributed by atoms with E-state index in [4.69, 9.17) is 5.73 Å². The Morgan fingerprint density at radius 3 is 2.39 bits per heavy atom. The summed E-state index contributed by atoms with van der Waals surface area (Å²) in [7, 11) is 2.05. The van der Waals surface area contributed by atoms with E-state index in [1.165, 1.54) is 25.7 Å². The van der Waals surface area contributed by atoms with Crippen LogP contribution in [-0.2, 0) is 13.5 Å². The molecule has 1 saturated carbocycles. The predicted octanol–water partition coefficient (Wildman–Crippen LogP) is 2.75. The van der Waals surface area contributed by atoms with E-state index in [0.29, 0.717) is 5.92 Å². The molecule has 0 aromatic carbocycles. The van der Waals surface area contributed by atoms with Crippen LogP contribution in [0.25, 0.3) is 0 Å². The lowest BCUT2D eigenvalue weighted by atomic mass is 9.74. The second-order valence-electron chi connectivity index (χ2n) is 6.24. The first-order chi connectivity index (χ1) is 8.58. The molecule has 1 aliphatic rings. The van der Waals surface area contributed by atoms with E-state index >= 15 is 0 Å². The van der Waals surface area contributed by atoms with Crippen molar-refractivity contribution in [2.45, 2.75) is 52.0 Å². The summed E-state index contributed by atoms with van der Waals surface area (Å²) in [6, 6.07) is 0.277. The highest BCUT2D eigenvalue weighted by Crippen LogP contribution is 2.34. The molecule has 102 valence electrons. The van der Waals surface area contributed by atoms with Gasteiger partial charge in [-0.3, -0.25) is 0 Å². The molecule has 0 bridgehead atoms. The maximum atomic E-state index is 6.38. The smallest absolute Gasteiger partial charge is 0.109 e. The molecule has 0 amide bonds. The molecule has 0 aliphatic heterocycles. The van der Waals surface area contributed by atoms with Crippen molar-refractivity contribution in [2.24, 2.45) is 30.5 Å². The second kappa shape index (κ2) is 5.87. The lowest BCUT2D eigenvalue weighted by Crippen LogP contribution is -2.36. The zero-order valence-corrected chi connectivity index (χ0v) is 12.0. The quantitative estimate of drug-likeness (QED) is 0.891. The van der Waals surface area contributed by atoms with E-state index in [2.05, 4.69) is 23.4 Å². The minimum absolute atomic E-state index is 0.277. The van der Waals surface area contributed by atoms with Crippen LogP contribution in [0.5, 0.6) is 0 Å². The predicted molar refractivity (Wildman–Crippen MR) is 75.2 cm³/mol. The largest absolute Gasteiger partial charge is 0.338 e. The zero-order chi connectivity index (χ0) is 13.1. The summed E-state index contributed by atoms with van der Waals surface area (Å²) in [6.45, 7) is 4.69. The van der Waals surface area contributed by atoms with Crippen molar-refractivity contribution in [3.63, 3.8) is 0 Å². The van der Waals surface area contributed by atoms with Crippen molar-refractivity contribution in [1.82, 2.24) is 9.55 Å². The van der Waals surface area contributed by atoms with Gasteiger partial charge in [-0.05, 0) is 43.4 Å². The molecule has 1 aliphatic carbocycles. The van der Waals surface area contributed by atoms with Crippen LogP contribution in [0.15, 0.2) is 12.4 Å². The molecule has 1 unspecified atom stereocenters. The van der Waals surface area contributed by atoms with Crippen LogP contribution >= 0.6 is 0 Å². The third-order valence-electron chi connectivity index (χ3n) is 4.70. The Kier molecular flexibility index (Phi) is 4.44. The fourth-order valence-corrected chi connectivity index (χ4v) is 3.21. The van der Waals surface area contributed by atoms with Crippen molar-refractivity contribution in [1.29, 1.82) is 0 Å². The molecule has 18 heavy (non-hydrogen) atoms. The lowest BCUT2D eigenvalue weighted by molar-refractivity contribution is 0.201. The molecular formula is C15H27N3. The number of aromatic nitrogens is 2. The molecule has 0 radical (unpaired) electrons. The Morgan fingerprint density at radius 2 is 1.89 bits per heavy atom. The SMILES string of the molecule is CC(C)C1CCC(C(N)Cc2nccn2C)CC1. The summed E-state index contributed by atoms with van der Waals surface area (Å²) in [5.74, 6) is 3.56. The van der Waals surface area contributed by atoms with Gasteiger partial charge in [0.25, 0.3) is 0 Å². The maximum Gasteiger partial charge on any atom is 0.109 e. The fourth-order valence-electron chi connectivity index (χ4n) is 3.21. The highest BCUT2D eigenvalue weighted by atomic mass is 15.0. The third kappa shape index (κ3) is 3.14. The lowest BCUT2D eigenvalue weighted by Gasteiger charge is -2.33. The van der Waals surface area contributed by atoms with Crippen LogP contribution in [0, 0.1) is 17.8 Å². The highest BCUT2D eigenvalue weighted by Gasteiger charge is 2.27. The number of aryl methyl sites for hydroxylation is 1. The number of hydrogen-bond donors (Lipinski definition) is 1. The molecule has 1 fully saturated rings. The Hall–Kier alpha value is -0.830. The first kappa shape index (κ1) is 13.6. The molecule has 0 spiro atoms. The van der Waals surface area contributed by atoms with Gasteiger partial charge >= 0.3 is 0 Å². The Balaban J connectivity index is 1.84. The van der Waals surface area contributed by atoms with Crippen molar-refractivity contribution >= 4 is 0 Å². The van der Waals surface area contributed by atoms with Gasteiger partial charge in [-0.15, -0.1) is 0 Å². The summed E-state index contributed by atoms with van der Waals surface area (Å²) in [4.78, 5) is 4.38. The topological polar surface area (TPSA) is 43.8 Å². The molecular weight excluding hydrogens is 222 g/mol. The van der Waals surface area contributed by atoms with E-state index in [-0.39, 0.29) is 6.04 Å². The number of nitrogens with two attached hydrogens (primary N) is 1. The highest BCUT2D eigenvalue weighted by molar-refractivity contribution is 4.96. The van der Waals surface area contributed by atoms with Gasteiger partial charge in [-0.1, -0.05) is 13.8 Å². The van der Waals surface area contributed by atoms with Gasteiger partial charge < -0.3 is 10.3 Å². The van der Waals surface area contributed by atoms with E-state index in [1.54, 1.807) is 0 Å². The molecule has 0 saturated heterocycles. The molecule has 2 rings (SSSR count). The summed E-state index contributed by atoms with van der Waals surface area (Å²) in [5.41, 5.74) is 6.38. The summed E-state index contributed by atoms with van der Waals surface area (Å²) < 4.78 is 2.08. The molecule has 1 heterocycles. The average Bonchev–Trinajstić information content (AvgIpc) is 2.75. The first-order valence-electron chi connectivity index (χ1n) is 7.29. The van der Waals surface area contributed by atoms with Crippen LogP contribution in [0.2, 0.25) is 0 Å². The molecule has 1 atom stereocenters. The monoisotopic (exact) mass is 249 g/mol. The van der Waals surface area contributed by atoms with Crippen LogP contribution in [0.3, 0.4) is 0 Å². The first-order valence-corrected chi connectivity index (χ1v) is 7.29. The Morgan fingerprint density at radius 1 is 1.28 bits per heavy atom. The van der Waals surface area contributed by atoms with Crippen molar-refractivity contribution in [2.75, 3.05) is 0 Å². The van der Waals surface area contributed by atoms with Crippen molar-refractivity contribution < 1.29 is 0 Å². The molecule has 1 aromatic rings. The van der Waals surface area contributed by atoms with E-state index < -0.39 is 0 Å². The maximum absolute atomic E-state index is 6.38. The average molecular weight is 249 g/mol. The minimum atomic E-state index is 0.277. The van der Waals surface area contributed by atoms with Gasteiger partial charge in [-0.2, -0.15) is 0 Å². The standard InChI is InChI=1S/C15H27N3/c1-11(2)12-4-6-13(7-5-12)14(16)10-15-17-8-9-18(15)3/h8-9,11-14H,4-7,10,16H2,1-3H3. The van der Waals surface area contributed by atoms with Crippen LogP contribution in [0.4, 0.5) is 0 Å². The summed E-state index contributed by atoms with van der Waals surface area (Å²) >= 11 is 0. The number of rotatable bonds is 4. The van der Waals surface area contributed by atoms with Crippen molar-refractivity contribution in [3.8, 4) is 0 Å². The number of nitrogens with zero attached hydrogens (tertiary/aromatic N) is 2. The van der Waals surface area contributed by atoms with E-state index in [1.807, 2.05) is 19.4 Å². The van der Waals surface area contributed by atoms with Crippen LogP contribution < -0.4 is 5.73 Å². The summed E-state index contributed by atoms with van der Waals surface area (Å²) in [6.07, 6.45) is 10.1. The zero-order valence-electron chi connectivity index (χ0n) is 12.0. The number of imidazole rings is 1. The molecule has 1 aromatic heterocycles. The van der Waals surface area contributed by atoms with Gasteiger partial charge in [0.15, 0.2) is 0 Å². The van der Waals surface area contributed by atoms with Gasteiger partial charge in [0, 0.05) is 31.9 Å². The Labute approximate surface area is 111 Å². The van der Waals surface area contributed by atoms with Gasteiger partial charge in [0.2, 0.25) is 0 Å². The summed E-state index contributed by atoms with van der Waals surface area (Å²) in [5, 5.41) is 0. The van der Waals surface area contributed by atoms with E-state index in [0.717, 1.165) is 24.1 Å². The van der Waals surface area contributed by atoms with Gasteiger partial charge in [-0.25, -0.2) is 4.98 Å². The second-order valence-corrected chi connectivity index (χ2v) is 6.24. The van der Waals surface area contributed by atoms with E-state index in [9.17, 15) is 0 Å².